The molecule has 0 aromatic carbocycles. The van der Waals surface area contributed by atoms with Crippen LogP contribution in [-0.2, 0) is 43.2 Å². The fraction of sp³-hybridized carbons (Fsp3) is 0.655. The molecule has 1 saturated heterocycles. The zero-order chi connectivity index (χ0) is 38.0. The highest BCUT2D eigenvalue weighted by atomic mass is 16.2. The summed E-state index contributed by atoms with van der Waals surface area (Å²) in [5.74, 6) is -7.10. The SMILES string of the molecule is CC(=O)N[C@@H](CCCN=C(N)N)C(=O)N[C@H]1CCCCNC(=O)C[C@@H](C(N)=O)NC(=O)[C@H](C)NC(=O)[C@H](CCC(N)=O)NC(=O)[C@H](C)NC1=O. The summed E-state index contributed by atoms with van der Waals surface area (Å²) >= 11 is 0. The van der Waals surface area contributed by atoms with Crippen molar-refractivity contribution in [3.63, 3.8) is 0 Å². The largest absolute Gasteiger partial charge is 0.370 e. The normalized spacial score (nSPS) is 23.7. The Morgan fingerprint density at radius 1 is 0.860 bits per heavy atom. The molecule has 21 nitrogen and oxygen atoms in total. The maximum atomic E-state index is 13.4. The van der Waals surface area contributed by atoms with Crippen LogP contribution >= 0.6 is 0 Å². The Bertz CT molecular complexity index is 1300. The van der Waals surface area contributed by atoms with Crippen molar-refractivity contribution in [2.24, 2.45) is 27.9 Å². The Hall–Kier alpha value is -5.50. The lowest BCUT2D eigenvalue weighted by Crippen LogP contribution is -2.59. The zero-order valence-corrected chi connectivity index (χ0v) is 28.5. The van der Waals surface area contributed by atoms with Gasteiger partial charge < -0.3 is 60.2 Å². The summed E-state index contributed by atoms with van der Waals surface area (Å²) in [6.45, 7) is 4.09. The number of aliphatic imine (C=N–C) groups is 1. The fourth-order valence-electron chi connectivity index (χ4n) is 4.65. The average Bonchev–Trinajstić information content (AvgIpc) is 3.01. The van der Waals surface area contributed by atoms with Crippen LogP contribution in [0.2, 0.25) is 0 Å². The van der Waals surface area contributed by atoms with Crippen molar-refractivity contribution in [2.75, 3.05) is 13.1 Å². The van der Waals surface area contributed by atoms with E-state index in [1.165, 1.54) is 20.8 Å². The van der Waals surface area contributed by atoms with Crippen LogP contribution in [0.1, 0.15) is 72.1 Å². The molecule has 280 valence electrons. The molecule has 1 heterocycles. The number of hydrogen-bond acceptors (Lipinski definition) is 10. The van der Waals surface area contributed by atoms with Gasteiger partial charge in [-0.15, -0.1) is 0 Å². The van der Waals surface area contributed by atoms with E-state index >= 15 is 0 Å². The summed E-state index contributed by atoms with van der Waals surface area (Å²) in [6.07, 6.45) is -0.0397. The Labute approximate surface area is 289 Å². The summed E-state index contributed by atoms with van der Waals surface area (Å²) in [6, 6.07) is -7.61. The molecule has 1 aliphatic heterocycles. The van der Waals surface area contributed by atoms with Gasteiger partial charge in [0.1, 0.15) is 36.3 Å². The predicted octanol–water partition coefficient (Wildman–Crippen LogP) is -5.55. The second-order valence-electron chi connectivity index (χ2n) is 11.8. The van der Waals surface area contributed by atoms with E-state index in [0.29, 0.717) is 12.8 Å². The topological polar surface area (TPSA) is 354 Å². The molecule has 50 heavy (non-hydrogen) atoms. The number of nitrogens with two attached hydrogens (primary N) is 4. The average molecular weight is 711 g/mol. The number of carbonyl (C=O) groups excluding carboxylic acids is 9. The van der Waals surface area contributed by atoms with Gasteiger partial charge in [0.05, 0.1) is 6.42 Å². The number of amides is 9. The minimum absolute atomic E-state index is 0.0318. The molecule has 0 aromatic heterocycles. The summed E-state index contributed by atoms with van der Waals surface area (Å²) in [5, 5.41) is 17.3. The first kappa shape index (κ1) is 42.5. The van der Waals surface area contributed by atoms with Crippen LogP contribution in [-0.4, -0.2) is 108 Å². The highest BCUT2D eigenvalue weighted by Gasteiger charge is 2.31. The number of carbonyl (C=O) groups is 9. The summed E-state index contributed by atoms with van der Waals surface area (Å²) < 4.78 is 0. The molecule has 1 rings (SSSR count). The van der Waals surface area contributed by atoms with E-state index in [-0.39, 0.29) is 51.2 Å². The van der Waals surface area contributed by atoms with Crippen molar-refractivity contribution in [3.8, 4) is 0 Å². The molecule has 0 saturated carbocycles. The maximum absolute atomic E-state index is 13.4. The van der Waals surface area contributed by atoms with Gasteiger partial charge in [-0.05, 0) is 52.4 Å². The van der Waals surface area contributed by atoms with Gasteiger partial charge in [-0.1, -0.05) is 0 Å². The molecule has 6 atom stereocenters. The zero-order valence-electron chi connectivity index (χ0n) is 28.5. The molecule has 1 aliphatic rings. The minimum Gasteiger partial charge on any atom is -0.370 e. The fourth-order valence-corrected chi connectivity index (χ4v) is 4.65. The maximum Gasteiger partial charge on any atom is 0.243 e. The molecular formula is C29H50N12O9. The number of rotatable bonds is 11. The molecule has 1 fully saturated rings. The van der Waals surface area contributed by atoms with Gasteiger partial charge in [-0.25, -0.2) is 0 Å². The number of nitrogens with zero attached hydrogens (tertiary/aromatic N) is 1. The minimum atomic E-state index is -1.42. The van der Waals surface area contributed by atoms with Crippen LogP contribution < -0.4 is 60.2 Å². The van der Waals surface area contributed by atoms with Crippen LogP contribution in [0.5, 0.6) is 0 Å². The molecular weight excluding hydrogens is 660 g/mol. The van der Waals surface area contributed by atoms with E-state index in [4.69, 9.17) is 22.9 Å². The first-order valence-electron chi connectivity index (χ1n) is 16.1. The predicted molar refractivity (Wildman–Crippen MR) is 178 cm³/mol. The Kier molecular flexibility index (Phi) is 18.3. The number of nitrogens with one attached hydrogen (secondary N) is 7. The third-order valence-electron chi connectivity index (χ3n) is 7.38. The van der Waals surface area contributed by atoms with Crippen molar-refractivity contribution < 1.29 is 43.2 Å². The third kappa shape index (κ3) is 16.6. The Morgan fingerprint density at radius 2 is 1.48 bits per heavy atom. The van der Waals surface area contributed by atoms with Gasteiger partial charge in [0, 0.05) is 26.4 Å². The molecule has 0 unspecified atom stereocenters. The van der Waals surface area contributed by atoms with Gasteiger partial charge >= 0.3 is 0 Å². The van der Waals surface area contributed by atoms with E-state index in [9.17, 15) is 43.2 Å². The van der Waals surface area contributed by atoms with Gasteiger partial charge in [0.2, 0.25) is 53.2 Å². The Morgan fingerprint density at radius 3 is 2.06 bits per heavy atom. The van der Waals surface area contributed by atoms with E-state index < -0.39 is 95.8 Å². The summed E-state index contributed by atoms with van der Waals surface area (Å²) in [5.41, 5.74) is 21.3. The summed E-state index contributed by atoms with van der Waals surface area (Å²) in [4.78, 5) is 117. The van der Waals surface area contributed by atoms with E-state index in [0.717, 1.165) is 0 Å². The van der Waals surface area contributed by atoms with Crippen molar-refractivity contribution in [1.82, 2.24) is 37.2 Å². The Balaban J connectivity index is 3.31. The van der Waals surface area contributed by atoms with Crippen LogP contribution in [0.15, 0.2) is 4.99 Å². The van der Waals surface area contributed by atoms with Gasteiger partial charge in [0.15, 0.2) is 5.96 Å². The summed E-state index contributed by atoms with van der Waals surface area (Å²) in [7, 11) is 0. The molecule has 15 N–H and O–H groups in total. The lowest BCUT2D eigenvalue weighted by molar-refractivity contribution is -0.135. The van der Waals surface area contributed by atoms with Crippen molar-refractivity contribution >= 4 is 59.1 Å². The lowest BCUT2D eigenvalue weighted by Gasteiger charge is -2.26. The third-order valence-corrected chi connectivity index (χ3v) is 7.38. The van der Waals surface area contributed by atoms with Crippen molar-refractivity contribution in [2.45, 2.75) is 108 Å². The van der Waals surface area contributed by atoms with E-state index in [2.05, 4.69) is 42.2 Å². The first-order valence-corrected chi connectivity index (χ1v) is 16.1. The van der Waals surface area contributed by atoms with Crippen LogP contribution in [0.3, 0.4) is 0 Å². The second kappa shape index (κ2) is 21.5. The van der Waals surface area contributed by atoms with Crippen LogP contribution in [0, 0.1) is 0 Å². The monoisotopic (exact) mass is 710 g/mol. The highest BCUT2D eigenvalue weighted by Crippen LogP contribution is 2.07. The smallest absolute Gasteiger partial charge is 0.243 e. The lowest BCUT2D eigenvalue weighted by atomic mass is 10.1. The molecule has 9 amide bonds. The van der Waals surface area contributed by atoms with Crippen LogP contribution in [0.25, 0.3) is 0 Å². The number of primary amides is 2. The molecule has 0 bridgehead atoms. The first-order chi connectivity index (χ1) is 23.4. The molecule has 0 aromatic rings. The highest BCUT2D eigenvalue weighted by molar-refractivity contribution is 5.97. The second-order valence-corrected chi connectivity index (χ2v) is 11.8. The van der Waals surface area contributed by atoms with Gasteiger partial charge in [0.25, 0.3) is 0 Å². The quantitative estimate of drug-likeness (QED) is 0.0545. The van der Waals surface area contributed by atoms with E-state index in [1.54, 1.807) is 0 Å². The molecule has 0 aliphatic carbocycles. The van der Waals surface area contributed by atoms with Crippen LogP contribution in [0.4, 0.5) is 0 Å². The van der Waals surface area contributed by atoms with E-state index in [1.807, 2.05) is 0 Å². The molecule has 0 radical (unpaired) electrons. The van der Waals surface area contributed by atoms with Crippen molar-refractivity contribution in [3.05, 3.63) is 0 Å². The van der Waals surface area contributed by atoms with Gasteiger partial charge in [-0.2, -0.15) is 0 Å². The molecule has 0 spiro atoms. The number of hydrogen-bond donors (Lipinski definition) is 11. The number of guanidine groups is 1. The molecule has 21 heteroatoms. The van der Waals surface area contributed by atoms with Crippen molar-refractivity contribution in [1.29, 1.82) is 0 Å². The van der Waals surface area contributed by atoms with Gasteiger partial charge in [-0.3, -0.25) is 48.1 Å². The standard InChI is InChI=1S/C29H50N12O9/c1-14-24(46)39-19(9-10-21(30)43)27(49)37-15(2)25(47)41-20(23(31)45)13-22(44)34-11-5-4-7-18(26(48)36-14)40-28(50)17(38-16(3)42)8-6-12-35-29(32)33/h14-15,17-20H,4-13H2,1-3H3,(H2,30,43)(H2,31,45)(H,34,44)(H,36,48)(H,37,49)(H,38,42)(H,39,46)(H,40,50)(H,41,47)(H4,32,33,35)/t14-,15-,17-,18-,19-,20-/m0/s1.